The van der Waals surface area contributed by atoms with Crippen LogP contribution in [0.25, 0.3) is 11.3 Å². The van der Waals surface area contributed by atoms with Gasteiger partial charge in [-0.25, -0.2) is 0 Å². The van der Waals surface area contributed by atoms with Gasteiger partial charge < -0.3 is 39.9 Å². The predicted molar refractivity (Wildman–Crippen MR) is 86.8 cm³/mol. The summed E-state index contributed by atoms with van der Waals surface area (Å²) in [6.07, 6.45) is 1.12. The molecule has 0 unspecified atom stereocenters. The number of halogens is 3. The van der Waals surface area contributed by atoms with Crippen LogP contribution in [0.2, 0.25) is 0 Å². The molecule has 0 aliphatic carbocycles. The third-order valence-corrected chi connectivity index (χ3v) is 4.07. The van der Waals surface area contributed by atoms with Crippen molar-refractivity contribution in [2.24, 2.45) is 0 Å². The molecule has 2 aromatic rings. The number of furan rings is 1. The van der Waals surface area contributed by atoms with Gasteiger partial charge in [0.05, 0.1) is 6.54 Å². The maximum absolute atomic E-state index is 5.88. The fourth-order valence-electron chi connectivity index (χ4n) is 2.03. The number of hydrogen-bond acceptors (Lipinski definition) is 3. The van der Waals surface area contributed by atoms with Gasteiger partial charge in [-0.1, -0.05) is 22.0 Å². The van der Waals surface area contributed by atoms with Gasteiger partial charge in [-0.2, -0.15) is 0 Å². The average Bonchev–Trinajstić information content (AvgIpc) is 2.90. The molecule has 0 saturated carbocycles. The molecule has 0 fully saturated rings. The second-order valence-electron chi connectivity index (χ2n) is 4.86. The first kappa shape index (κ1) is 21.5. The van der Waals surface area contributed by atoms with E-state index in [-0.39, 0.29) is 24.8 Å². The Balaban J connectivity index is 0.00000220. The molecule has 0 atom stereocenters. The normalized spacial score (nSPS) is 9.95. The van der Waals surface area contributed by atoms with Crippen molar-refractivity contribution in [1.29, 1.82) is 0 Å². The van der Waals surface area contributed by atoms with Crippen LogP contribution in [0.1, 0.15) is 17.7 Å². The molecule has 2 rings (SSSR count). The highest BCUT2D eigenvalue weighted by Crippen LogP contribution is 2.26. The SMILES string of the molecule is CNCCCNCc1ccc(-c2ccc(Br)c(C)c2)o1.[Cl-].[Cl-]. The first-order chi connectivity index (χ1) is 9.70. The zero-order valence-corrected chi connectivity index (χ0v) is 15.9. The highest BCUT2D eigenvalue weighted by Gasteiger charge is 2.06. The molecule has 124 valence electrons. The molecule has 0 saturated heterocycles. The Kier molecular flexibility index (Phi) is 10.8. The topological polar surface area (TPSA) is 37.2 Å². The number of nitrogens with one attached hydrogen (secondary N) is 2. The molecule has 0 amide bonds. The van der Waals surface area contributed by atoms with Crippen LogP contribution >= 0.6 is 15.9 Å². The number of rotatable bonds is 7. The number of hydrogen-bond donors (Lipinski definition) is 2. The van der Waals surface area contributed by atoms with Gasteiger partial charge in [-0.05, 0) is 63.3 Å². The van der Waals surface area contributed by atoms with Gasteiger partial charge >= 0.3 is 0 Å². The van der Waals surface area contributed by atoms with Crippen LogP contribution in [0, 0.1) is 6.92 Å². The van der Waals surface area contributed by atoms with E-state index >= 15 is 0 Å². The smallest absolute Gasteiger partial charge is 0.134 e. The van der Waals surface area contributed by atoms with E-state index < -0.39 is 0 Å². The molecule has 1 aromatic carbocycles. The Labute approximate surface area is 153 Å². The standard InChI is InChI=1S/C16H21BrN2O.2ClH/c1-12-10-13(4-6-15(12)17)16-7-5-14(20-16)11-19-9-3-8-18-2;;/h4-7,10,18-19H,3,8-9,11H2,1-2H3;2*1H/p-2. The van der Waals surface area contributed by atoms with Crippen molar-refractivity contribution >= 4 is 15.9 Å². The van der Waals surface area contributed by atoms with E-state index in [1.807, 2.05) is 19.2 Å². The molecule has 0 spiro atoms. The molecule has 0 bridgehead atoms. The van der Waals surface area contributed by atoms with E-state index in [1.54, 1.807) is 0 Å². The third kappa shape index (κ3) is 6.31. The van der Waals surface area contributed by atoms with Gasteiger partial charge in [0.15, 0.2) is 0 Å². The Morgan fingerprint density at radius 2 is 1.86 bits per heavy atom. The van der Waals surface area contributed by atoms with Gasteiger partial charge in [-0.3, -0.25) is 0 Å². The number of aryl methyl sites for hydroxylation is 1. The Morgan fingerprint density at radius 1 is 1.09 bits per heavy atom. The van der Waals surface area contributed by atoms with E-state index in [1.165, 1.54) is 5.56 Å². The summed E-state index contributed by atoms with van der Waals surface area (Å²) < 4.78 is 7.00. The van der Waals surface area contributed by atoms with Crippen LogP contribution in [0.15, 0.2) is 39.2 Å². The zero-order chi connectivity index (χ0) is 14.4. The van der Waals surface area contributed by atoms with Crippen LogP contribution in [0.3, 0.4) is 0 Å². The quantitative estimate of drug-likeness (QED) is 0.508. The lowest BCUT2D eigenvalue weighted by atomic mass is 10.1. The Morgan fingerprint density at radius 3 is 2.55 bits per heavy atom. The molecule has 2 N–H and O–H groups in total. The van der Waals surface area contributed by atoms with Crippen molar-refractivity contribution in [3.63, 3.8) is 0 Å². The predicted octanol–water partition coefficient (Wildman–Crippen LogP) is -2.28. The molecule has 22 heavy (non-hydrogen) atoms. The van der Waals surface area contributed by atoms with Crippen LogP contribution in [-0.2, 0) is 6.54 Å². The second kappa shape index (κ2) is 11.1. The van der Waals surface area contributed by atoms with Gasteiger partial charge in [-0.15, -0.1) is 0 Å². The maximum Gasteiger partial charge on any atom is 0.134 e. The molecule has 0 radical (unpaired) electrons. The minimum absolute atomic E-state index is 0. The van der Waals surface area contributed by atoms with Gasteiger partial charge in [0.1, 0.15) is 11.5 Å². The lowest BCUT2D eigenvalue weighted by Gasteiger charge is -2.03. The van der Waals surface area contributed by atoms with E-state index in [0.29, 0.717) is 0 Å². The van der Waals surface area contributed by atoms with E-state index in [2.05, 4.69) is 51.7 Å². The fraction of sp³-hybridized carbons (Fsp3) is 0.375. The molecule has 1 heterocycles. The minimum Gasteiger partial charge on any atom is -1.00 e. The van der Waals surface area contributed by atoms with Crippen molar-refractivity contribution < 1.29 is 29.2 Å². The lowest BCUT2D eigenvalue weighted by Crippen LogP contribution is -3.00. The van der Waals surface area contributed by atoms with Crippen molar-refractivity contribution in [3.8, 4) is 11.3 Å². The van der Waals surface area contributed by atoms with E-state index in [4.69, 9.17) is 4.42 Å². The van der Waals surface area contributed by atoms with Crippen molar-refractivity contribution in [2.75, 3.05) is 20.1 Å². The maximum atomic E-state index is 5.88. The summed E-state index contributed by atoms with van der Waals surface area (Å²) in [5, 5.41) is 6.52. The molecular weight excluding hydrogens is 387 g/mol. The summed E-state index contributed by atoms with van der Waals surface area (Å²) in [6, 6.07) is 10.3. The highest BCUT2D eigenvalue weighted by atomic mass is 79.9. The molecule has 0 aliphatic heterocycles. The Hall–Kier alpha value is -0.520. The van der Waals surface area contributed by atoms with Crippen LogP contribution in [0.5, 0.6) is 0 Å². The summed E-state index contributed by atoms with van der Waals surface area (Å²) in [4.78, 5) is 0. The highest BCUT2D eigenvalue weighted by molar-refractivity contribution is 9.10. The molecule has 1 aromatic heterocycles. The molecule has 6 heteroatoms. The fourth-order valence-corrected chi connectivity index (χ4v) is 2.27. The zero-order valence-electron chi connectivity index (χ0n) is 12.8. The van der Waals surface area contributed by atoms with Gasteiger partial charge in [0.25, 0.3) is 0 Å². The first-order valence-corrected chi connectivity index (χ1v) is 7.70. The second-order valence-corrected chi connectivity index (χ2v) is 5.72. The van der Waals surface area contributed by atoms with Gasteiger partial charge in [0.2, 0.25) is 0 Å². The summed E-state index contributed by atoms with van der Waals surface area (Å²) in [6.45, 7) is 4.89. The van der Waals surface area contributed by atoms with Crippen molar-refractivity contribution in [2.45, 2.75) is 19.9 Å². The average molecular weight is 408 g/mol. The number of benzene rings is 1. The van der Waals surface area contributed by atoms with Crippen LogP contribution in [-0.4, -0.2) is 20.1 Å². The van der Waals surface area contributed by atoms with Gasteiger partial charge in [0, 0.05) is 10.0 Å². The third-order valence-electron chi connectivity index (χ3n) is 3.18. The summed E-state index contributed by atoms with van der Waals surface area (Å²) in [5.74, 6) is 1.90. The van der Waals surface area contributed by atoms with Crippen molar-refractivity contribution in [1.82, 2.24) is 10.6 Å². The largest absolute Gasteiger partial charge is 1.00 e. The lowest BCUT2D eigenvalue weighted by molar-refractivity contribution is -0.001000. The van der Waals surface area contributed by atoms with Crippen molar-refractivity contribution in [3.05, 3.63) is 46.1 Å². The minimum atomic E-state index is 0. The molecular formula is C16H21BrCl2N2O-2. The molecule has 3 nitrogen and oxygen atoms in total. The first-order valence-electron chi connectivity index (χ1n) is 6.91. The Bertz CT molecular complexity index is 561. The molecule has 0 aliphatic rings. The summed E-state index contributed by atoms with van der Waals surface area (Å²) >= 11 is 3.52. The van der Waals surface area contributed by atoms with Crippen LogP contribution < -0.4 is 35.4 Å². The summed E-state index contributed by atoms with van der Waals surface area (Å²) in [5.41, 5.74) is 2.33. The van der Waals surface area contributed by atoms with Crippen LogP contribution in [0.4, 0.5) is 0 Å². The van der Waals surface area contributed by atoms with E-state index in [9.17, 15) is 0 Å². The van der Waals surface area contributed by atoms with E-state index in [0.717, 1.165) is 47.6 Å². The summed E-state index contributed by atoms with van der Waals surface area (Å²) in [7, 11) is 1.97. The monoisotopic (exact) mass is 406 g/mol.